The van der Waals surface area contributed by atoms with Crippen LogP contribution >= 0.6 is 0 Å². The fourth-order valence-electron chi connectivity index (χ4n) is 2.35. The molecule has 1 amide bonds. The van der Waals surface area contributed by atoms with Gasteiger partial charge in [0.1, 0.15) is 12.6 Å². The van der Waals surface area contributed by atoms with Gasteiger partial charge in [0.2, 0.25) is 11.7 Å². The summed E-state index contributed by atoms with van der Waals surface area (Å²) in [7, 11) is 0. The smallest absolute Gasteiger partial charge is 0.326 e. The molecule has 9 heteroatoms. The van der Waals surface area contributed by atoms with Crippen molar-refractivity contribution in [2.24, 2.45) is 0 Å². The first-order valence-corrected chi connectivity index (χ1v) is 6.49. The zero-order valence-corrected chi connectivity index (χ0v) is 11.0. The molecular formula is C12H13N5O4. The van der Waals surface area contributed by atoms with E-state index < -0.39 is 12.0 Å². The van der Waals surface area contributed by atoms with Gasteiger partial charge in [0.15, 0.2) is 5.76 Å². The number of hydrogen-bond donors (Lipinski definition) is 1. The zero-order chi connectivity index (χ0) is 14.8. The number of carboxylic acids is 1. The van der Waals surface area contributed by atoms with E-state index in [9.17, 15) is 9.59 Å². The Labute approximate surface area is 119 Å². The number of carboxylic acid groups (broad SMARTS) is 1. The van der Waals surface area contributed by atoms with Crippen molar-refractivity contribution in [2.75, 3.05) is 6.54 Å². The largest absolute Gasteiger partial charge is 0.480 e. The molecule has 1 aliphatic rings. The van der Waals surface area contributed by atoms with Crippen LogP contribution in [-0.4, -0.2) is 54.7 Å². The lowest BCUT2D eigenvalue weighted by atomic mass is 10.2. The number of nitrogens with zero attached hydrogens (tertiary/aromatic N) is 5. The van der Waals surface area contributed by atoms with Gasteiger partial charge in [-0.3, -0.25) is 4.79 Å². The molecule has 110 valence electrons. The van der Waals surface area contributed by atoms with E-state index >= 15 is 0 Å². The maximum Gasteiger partial charge on any atom is 0.326 e. The Morgan fingerprint density at radius 1 is 1.48 bits per heavy atom. The van der Waals surface area contributed by atoms with Crippen molar-refractivity contribution in [1.29, 1.82) is 0 Å². The predicted molar refractivity (Wildman–Crippen MR) is 67.9 cm³/mol. The number of hydrogen-bond acceptors (Lipinski definition) is 6. The van der Waals surface area contributed by atoms with Crippen molar-refractivity contribution in [3.63, 3.8) is 0 Å². The first-order chi connectivity index (χ1) is 10.1. The molecular weight excluding hydrogens is 278 g/mol. The summed E-state index contributed by atoms with van der Waals surface area (Å²) in [6.45, 7) is 0.299. The monoisotopic (exact) mass is 291 g/mol. The van der Waals surface area contributed by atoms with Gasteiger partial charge in [0.05, 0.1) is 6.26 Å². The molecule has 1 N–H and O–H groups in total. The predicted octanol–water partition coefficient (Wildman–Crippen LogP) is 0.00870. The standard InChI is InChI=1S/C12H13N5O4/c18-10(16-5-1-3-8(16)12(19)20)7-17-14-11(13-15-17)9-4-2-6-21-9/h2,4,6,8H,1,3,5,7H2,(H,19,20)/t8-/m0/s1. The molecule has 2 aromatic heterocycles. The van der Waals surface area contributed by atoms with Crippen molar-refractivity contribution < 1.29 is 19.1 Å². The van der Waals surface area contributed by atoms with Gasteiger partial charge in [-0.1, -0.05) is 0 Å². The van der Waals surface area contributed by atoms with E-state index in [2.05, 4.69) is 15.4 Å². The van der Waals surface area contributed by atoms with Crippen LogP contribution in [0.5, 0.6) is 0 Å². The highest BCUT2D eigenvalue weighted by Crippen LogP contribution is 2.18. The number of aliphatic carboxylic acids is 1. The van der Waals surface area contributed by atoms with Crippen LogP contribution in [0.1, 0.15) is 12.8 Å². The summed E-state index contributed by atoms with van der Waals surface area (Å²) in [5.74, 6) is -0.575. The molecule has 0 aliphatic carbocycles. The van der Waals surface area contributed by atoms with E-state index in [1.165, 1.54) is 11.2 Å². The second-order valence-corrected chi connectivity index (χ2v) is 4.70. The number of carbonyl (C=O) groups excluding carboxylic acids is 1. The molecule has 0 spiro atoms. The van der Waals surface area contributed by atoms with Crippen LogP contribution in [0.4, 0.5) is 0 Å². The summed E-state index contributed by atoms with van der Waals surface area (Å²) in [5, 5.41) is 20.7. The third kappa shape index (κ3) is 2.62. The van der Waals surface area contributed by atoms with Crippen molar-refractivity contribution in [3.05, 3.63) is 18.4 Å². The van der Waals surface area contributed by atoms with Crippen LogP contribution in [0.25, 0.3) is 11.6 Å². The molecule has 9 nitrogen and oxygen atoms in total. The summed E-state index contributed by atoms with van der Waals surface area (Å²) < 4.78 is 5.13. The van der Waals surface area contributed by atoms with Crippen LogP contribution in [0.2, 0.25) is 0 Å². The number of amides is 1. The first-order valence-electron chi connectivity index (χ1n) is 6.49. The highest BCUT2D eigenvalue weighted by atomic mass is 16.4. The third-order valence-corrected chi connectivity index (χ3v) is 3.33. The topological polar surface area (TPSA) is 114 Å². The van der Waals surface area contributed by atoms with Crippen molar-refractivity contribution >= 4 is 11.9 Å². The summed E-state index contributed by atoms with van der Waals surface area (Å²) in [4.78, 5) is 25.7. The molecule has 0 radical (unpaired) electrons. The molecule has 0 saturated carbocycles. The van der Waals surface area contributed by atoms with Gasteiger partial charge in [0.25, 0.3) is 0 Å². The third-order valence-electron chi connectivity index (χ3n) is 3.33. The molecule has 1 fully saturated rings. The SMILES string of the molecule is O=C(O)[C@@H]1CCCN1C(=O)Cn1nnc(-c2ccco2)n1. The van der Waals surface area contributed by atoms with E-state index in [1.54, 1.807) is 12.1 Å². The van der Waals surface area contributed by atoms with Crippen LogP contribution < -0.4 is 0 Å². The number of furan rings is 1. The maximum absolute atomic E-state index is 12.1. The lowest BCUT2D eigenvalue weighted by Crippen LogP contribution is -2.42. The highest BCUT2D eigenvalue weighted by Gasteiger charge is 2.34. The molecule has 1 saturated heterocycles. The minimum absolute atomic E-state index is 0.141. The Morgan fingerprint density at radius 3 is 3.05 bits per heavy atom. The average Bonchev–Trinajstić information content (AvgIpc) is 3.19. The fraction of sp³-hybridized carbons (Fsp3) is 0.417. The van der Waals surface area contributed by atoms with Gasteiger partial charge in [-0.25, -0.2) is 4.79 Å². The van der Waals surface area contributed by atoms with Gasteiger partial charge < -0.3 is 14.4 Å². The van der Waals surface area contributed by atoms with Gasteiger partial charge in [-0.15, -0.1) is 10.2 Å². The van der Waals surface area contributed by atoms with E-state index in [0.29, 0.717) is 25.1 Å². The molecule has 1 atom stereocenters. The molecule has 3 rings (SSSR count). The van der Waals surface area contributed by atoms with Gasteiger partial charge in [-0.2, -0.15) is 4.80 Å². The number of likely N-dealkylation sites (tertiary alicyclic amines) is 1. The summed E-state index contributed by atoms with van der Waals surface area (Å²) >= 11 is 0. The molecule has 21 heavy (non-hydrogen) atoms. The number of rotatable bonds is 4. The van der Waals surface area contributed by atoms with Crippen molar-refractivity contribution in [3.8, 4) is 11.6 Å². The Balaban J connectivity index is 1.69. The Hall–Kier alpha value is -2.71. The highest BCUT2D eigenvalue weighted by molar-refractivity contribution is 5.84. The Morgan fingerprint density at radius 2 is 2.33 bits per heavy atom. The first kappa shape index (κ1) is 13.3. The molecule has 3 heterocycles. The lowest BCUT2D eigenvalue weighted by Gasteiger charge is -2.20. The van der Waals surface area contributed by atoms with E-state index in [1.807, 2.05) is 0 Å². The van der Waals surface area contributed by atoms with Crippen LogP contribution in [0, 0.1) is 0 Å². The summed E-state index contributed by atoms with van der Waals surface area (Å²) in [6, 6.07) is 2.62. The minimum Gasteiger partial charge on any atom is -0.480 e. The molecule has 0 aromatic carbocycles. The van der Waals surface area contributed by atoms with E-state index in [-0.39, 0.29) is 18.3 Å². The minimum atomic E-state index is -0.983. The fourth-order valence-corrected chi connectivity index (χ4v) is 2.35. The molecule has 1 aliphatic heterocycles. The maximum atomic E-state index is 12.1. The second-order valence-electron chi connectivity index (χ2n) is 4.70. The van der Waals surface area contributed by atoms with Crippen LogP contribution in [-0.2, 0) is 16.1 Å². The molecule has 2 aromatic rings. The van der Waals surface area contributed by atoms with Gasteiger partial charge in [0, 0.05) is 6.54 Å². The Kier molecular flexibility index (Phi) is 3.38. The van der Waals surface area contributed by atoms with Gasteiger partial charge in [-0.05, 0) is 30.2 Å². The van der Waals surface area contributed by atoms with Crippen molar-refractivity contribution in [2.45, 2.75) is 25.4 Å². The normalized spacial score (nSPS) is 18.1. The average molecular weight is 291 g/mol. The summed E-state index contributed by atoms with van der Waals surface area (Å²) in [6.07, 6.45) is 2.65. The van der Waals surface area contributed by atoms with Crippen LogP contribution in [0.15, 0.2) is 22.8 Å². The number of aromatic nitrogens is 4. The van der Waals surface area contributed by atoms with Crippen LogP contribution in [0.3, 0.4) is 0 Å². The summed E-state index contributed by atoms with van der Waals surface area (Å²) in [5.41, 5.74) is 0. The van der Waals surface area contributed by atoms with Gasteiger partial charge >= 0.3 is 5.97 Å². The molecule has 0 bridgehead atoms. The Bertz CT molecular complexity index is 650. The second kappa shape index (κ2) is 5.35. The number of carbonyl (C=O) groups is 2. The van der Waals surface area contributed by atoms with E-state index in [0.717, 1.165) is 4.80 Å². The van der Waals surface area contributed by atoms with Crippen molar-refractivity contribution in [1.82, 2.24) is 25.1 Å². The molecule has 0 unspecified atom stereocenters. The zero-order valence-electron chi connectivity index (χ0n) is 11.0. The van der Waals surface area contributed by atoms with E-state index in [4.69, 9.17) is 9.52 Å². The lowest BCUT2D eigenvalue weighted by molar-refractivity contribution is -0.148. The number of tetrazole rings is 1. The quantitative estimate of drug-likeness (QED) is 0.843.